The molecule has 0 aliphatic carbocycles. The summed E-state index contributed by atoms with van der Waals surface area (Å²) in [4.78, 5) is 19.0. The third-order valence-corrected chi connectivity index (χ3v) is 12.5. The second kappa shape index (κ2) is 19.4. The molecule has 0 radical (unpaired) electrons. The van der Waals surface area contributed by atoms with Crippen molar-refractivity contribution in [2.75, 3.05) is 20.7 Å². The van der Waals surface area contributed by atoms with E-state index in [1.54, 1.807) is 34.6 Å². The van der Waals surface area contributed by atoms with Crippen LogP contribution in [0.2, 0.25) is 0 Å². The first kappa shape index (κ1) is 47.7. The fourth-order valence-corrected chi connectivity index (χ4v) is 8.35. The molecular formula is C38H70N4O13. The van der Waals surface area contributed by atoms with Gasteiger partial charge >= 0.3 is 5.97 Å². The van der Waals surface area contributed by atoms with Crippen LogP contribution in [0.1, 0.15) is 101 Å². The number of azide groups is 1. The number of nitrogens with zero attached hydrogens (tertiary/aromatic N) is 4. The molecule has 6 N–H and O–H groups in total. The summed E-state index contributed by atoms with van der Waals surface area (Å²) in [5.41, 5.74) is 3.99. The molecule has 0 aromatic carbocycles. The maximum atomic E-state index is 14.2. The number of rotatable bonds is 10. The summed E-state index contributed by atoms with van der Waals surface area (Å²) in [6, 6.07) is -0.246. The number of aliphatic hydroxyl groups excluding tert-OH is 4. The molecule has 0 bridgehead atoms. The first-order chi connectivity index (χ1) is 25.4. The van der Waals surface area contributed by atoms with Crippen molar-refractivity contribution in [3.63, 3.8) is 0 Å². The zero-order valence-electron chi connectivity index (χ0n) is 34.8. The highest BCUT2D eigenvalue weighted by atomic mass is 16.7. The quantitative estimate of drug-likeness (QED) is 0.0806. The molecule has 0 aromatic heterocycles. The molecule has 3 saturated heterocycles. The smallest absolute Gasteiger partial charge is 0.311 e. The number of aliphatic hydroxyl groups is 6. The Hall–Kier alpha value is -1.70. The minimum atomic E-state index is -2.11. The van der Waals surface area contributed by atoms with Crippen LogP contribution in [0.15, 0.2) is 5.11 Å². The van der Waals surface area contributed by atoms with Gasteiger partial charge in [-0.25, -0.2) is 0 Å². The van der Waals surface area contributed by atoms with Gasteiger partial charge in [0.15, 0.2) is 12.6 Å². The third-order valence-electron chi connectivity index (χ3n) is 12.5. The number of likely N-dealkylation sites (N-methyl/N-ethyl adjacent to an activating group) is 1. The minimum Gasteiger partial charge on any atom is -0.459 e. The molecule has 0 amide bonds. The SMILES string of the molecule is CO[C@]1(C)C[C@H](O[C@H]2C[C@@H](O[C@@H]3O[C@H](C)C[C@H](N(C)C(C)C)[C@H]3O)[C@](C)(O)C[C@@H](C)[C@H](O)[C@H](C)[C@@H](O)[C@](C)(O)[C@@H](CCN=[N+]=[N-])OC(=O)[C@@H]2C)O[C@@H](C)[C@@H]1O. The van der Waals surface area contributed by atoms with Gasteiger partial charge in [-0.05, 0) is 93.1 Å². The summed E-state index contributed by atoms with van der Waals surface area (Å²) >= 11 is 0. The Kier molecular flexibility index (Phi) is 16.8. The van der Waals surface area contributed by atoms with Crippen molar-refractivity contribution >= 4 is 5.97 Å². The van der Waals surface area contributed by atoms with Crippen molar-refractivity contribution < 1.29 is 63.9 Å². The second-order valence-corrected chi connectivity index (χ2v) is 17.4. The molecule has 17 heteroatoms. The molecule has 3 heterocycles. The summed E-state index contributed by atoms with van der Waals surface area (Å²) in [6.45, 7) is 16.7. The van der Waals surface area contributed by atoms with Gasteiger partial charge < -0.3 is 59.1 Å². The van der Waals surface area contributed by atoms with Crippen molar-refractivity contribution in [2.24, 2.45) is 22.9 Å². The van der Waals surface area contributed by atoms with E-state index in [4.69, 9.17) is 34.0 Å². The predicted octanol–water partition coefficient (Wildman–Crippen LogP) is 2.40. The highest BCUT2D eigenvalue weighted by Crippen LogP contribution is 2.39. The van der Waals surface area contributed by atoms with E-state index in [9.17, 15) is 35.4 Å². The molecule has 18 atom stereocenters. The average Bonchev–Trinajstić information content (AvgIpc) is 3.11. The summed E-state index contributed by atoms with van der Waals surface area (Å²) in [7, 11) is 3.38. The lowest BCUT2D eigenvalue weighted by molar-refractivity contribution is -0.309. The Morgan fingerprint density at radius 1 is 0.964 bits per heavy atom. The summed E-state index contributed by atoms with van der Waals surface area (Å²) < 4.78 is 37.0. The fourth-order valence-electron chi connectivity index (χ4n) is 8.35. The molecular weight excluding hydrogens is 720 g/mol. The van der Waals surface area contributed by atoms with Crippen molar-refractivity contribution in [3.8, 4) is 0 Å². The summed E-state index contributed by atoms with van der Waals surface area (Å²) in [5, 5.41) is 73.3. The molecule has 320 valence electrons. The average molecular weight is 791 g/mol. The van der Waals surface area contributed by atoms with Crippen LogP contribution in [0.4, 0.5) is 0 Å². The monoisotopic (exact) mass is 790 g/mol. The van der Waals surface area contributed by atoms with Gasteiger partial charge in [-0.3, -0.25) is 9.69 Å². The molecule has 0 unspecified atom stereocenters. The zero-order valence-corrected chi connectivity index (χ0v) is 34.8. The molecule has 55 heavy (non-hydrogen) atoms. The van der Waals surface area contributed by atoms with Crippen molar-refractivity contribution in [1.82, 2.24) is 4.90 Å². The molecule has 3 fully saturated rings. The highest BCUT2D eigenvalue weighted by molar-refractivity contribution is 5.73. The van der Waals surface area contributed by atoms with Gasteiger partial charge in [-0.2, -0.15) is 0 Å². The standard InChI is InChI=1S/C38H70N4O13/c1-19(2)42(11)25-15-21(4)51-35(31(25)44)55-28-16-26(53-29-18-37(9,50-12)33(46)24(7)52-29)22(5)34(47)54-27(13-14-40-41-39)38(10,49)32(45)23(6)30(43)20(3)17-36(28,8)48/h19-33,35,43-46,48-49H,13-18H2,1-12H3/t20-,21-,22-,23+,24+,25+,26+,27-,28-,29+,30+,31-,32-,33+,35+,36-,37-,38-/m1/s1. The topological polar surface area (TPSA) is 246 Å². The maximum absolute atomic E-state index is 14.2. The Morgan fingerprint density at radius 2 is 1.60 bits per heavy atom. The molecule has 0 spiro atoms. The lowest BCUT2D eigenvalue weighted by Gasteiger charge is -2.48. The molecule has 3 rings (SSSR count). The van der Waals surface area contributed by atoms with Crippen LogP contribution >= 0.6 is 0 Å². The first-order valence-electron chi connectivity index (χ1n) is 19.7. The Labute approximate surface area is 326 Å². The number of hydrogen-bond donors (Lipinski definition) is 6. The van der Waals surface area contributed by atoms with Crippen LogP contribution in [0.3, 0.4) is 0 Å². The van der Waals surface area contributed by atoms with Gasteiger partial charge in [0.2, 0.25) is 0 Å². The largest absolute Gasteiger partial charge is 0.459 e. The number of ether oxygens (including phenoxy) is 6. The van der Waals surface area contributed by atoms with Crippen LogP contribution < -0.4 is 0 Å². The van der Waals surface area contributed by atoms with Gasteiger partial charge in [0.25, 0.3) is 0 Å². The Bertz CT molecular complexity index is 1290. The number of carbonyl (C=O) groups excluding carboxylic acids is 1. The van der Waals surface area contributed by atoms with Crippen LogP contribution in [-0.2, 0) is 33.2 Å². The lowest BCUT2D eigenvalue weighted by Crippen LogP contribution is -2.60. The van der Waals surface area contributed by atoms with Crippen molar-refractivity contribution in [1.29, 1.82) is 0 Å². The Morgan fingerprint density at radius 3 is 2.18 bits per heavy atom. The van der Waals surface area contributed by atoms with Gasteiger partial charge in [0.1, 0.15) is 23.9 Å². The van der Waals surface area contributed by atoms with E-state index in [0.29, 0.717) is 6.42 Å². The normalized spacial score (nSPS) is 46.8. The van der Waals surface area contributed by atoms with E-state index in [-0.39, 0.29) is 50.4 Å². The number of esters is 1. The Balaban J connectivity index is 2.16. The van der Waals surface area contributed by atoms with E-state index in [1.807, 2.05) is 32.7 Å². The van der Waals surface area contributed by atoms with Crippen LogP contribution in [0.5, 0.6) is 0 Å². The minimum absolute atomic E-state index is 0.0666. The lowest BCUT2D eigenvalue weighted by atomic mass is 9.75. The number of methoxy groups -OCH3 is 1. The number of cyclic esters (lactones) is 1. The van der Waals surface area contributed by atoms with Crippen molar-refractivity contribution in [2.45, 2.75) is 198 Å². The molecule has 3 aliphatic heterocycles. The number of hydrogen-bond acceptors (Lipinski definition) is 15. The predicted molar refractivity (Wildman–Crippen MR) is 200 cm³/mol. The third kappa shape index (κ3) is 11.3. The van der Waals surface area contributed by atoms with Crippen LogP contribution in [-0.4, -0.2) is 159 Å². The van der Waals surface area contributed by atoms with E-state index in [0.717, 1.165) is 0 Å². The van der Waals surface area contributed by atoms with Gasteiger partial charge in [0, 0.05) is 49.4 Å². The van der Waals surface area contributed by atoms with Crippen molar-refractivity contribution in [3.05, 3.63) is 10.4 Å². The van der Waals surface area contributed by atoms with Gasteiger partial charge in [-0.1, -0.05) is 19.0 Å². The second-order valence-electron chi connectivity index (χ2n) is 17.4. The highest BCUT2D eigenvalue weighted by Gasteiger charge is 2.52. The van der Waals surface area contributed by atoms with E-state index >= 15 is 0 Å². The van der Waals surface area contributed by atoms with Gasteiger partial charge in [-0.15, -0.1) is 0 Å². The first-order valence-corrected chi connectivity index (χ1v) is 19.7. The zero-order chi connectivity index (χ0) is 41.8. The van der Waals surface area contributed by atoms with E-state index in [2.05, 4.69) is 10.0 Å². The van der Waals surface area contributed by atoms with E-state index in [1.165, 1.54) is 21.0 Å². The van der Waals surface area contributed by atoms with Gasteiger partial charge in [0.05, 0.1) is 53.7 Å². The molecule has 17 nitrogen and oxygen atoms in total. The van der Waals surface area contributed by atoms with Crippen LogP contribution in [0.25, 0.3) is 10.4 Å². The maximum Gasteiger partial charge on any atom is 0.311 e. The van der Waals surface area contributed by atoms with Crippen LogP contribution in [0, 0.1) is 17.8 Å². The number of carbonyl (C=O) groups is 1. The molecule has 0 saturated carbocycles. The molecule has 0 aromatic rings. The summed E-state index contributed by atoms with van der Waals surface area (Å²) in [5.74, 6) is -3.64. The fraction of sp³-hybridized carbons (Fsp3) is 0.974. The van der Waals surface area contributed by atoms with E-state index < -0.39 is 102 Å². The molecule has 3 aliphatic rings. The summed E-state index contributed by atoms with van der Waals surface area (Å²) in [6.07, 6.45) is -11.8.